The summed E-state index contributed by atoms with van der Waals surface area (Å²) < 4.78 is 27.1. The zero-order chi connectivity index (χ0) is 12.3. The summed E-state index contributed by atoms with van der Waals surface area (Å²) in [4.78, 5) is 1.12. The van der Waals surface area contributed by atoms with Gasteiger partial charge in [-0.3, -0.25) is 0 Å². The molecule has 1 atom stereocenters. The molecule has 7 heteroatoms. The van der Waals surface area contributed by atoms with Crippen LogP contribution < -0.4 is 10.5 Å². The summed E-state index contributed by atoms with van der Waals surface area (Å²) in [6.07, 6.45) is 0.629. The van der Waals surface area contributed by atoms with E-state index in [2.05, 4.69) is 20.7 Å². The van der Waals surface area contributed by atoms with Crippen molar-refractivity contribution >= 4 is 37.3 Å². The van der Waals surface area contributed by atoms with Crippen LogP contribution in [-0.4, -0.2) is 21.0 Å². The van der Waals surface area contributed by atoms with Crippen molar-refractivity contribution in [1.29, 1.82) is 0 Å². The first kappa shape index (κ1) is 14.1. The fraction of sp³-hybridized carbons (Fsp3) is 0.556. The van der Waals surface area contributed by atoms with Gasteiger partial charge < -0.3 is 5.73 Å². The van der Waals surface area contributed by atoms with Gasteiger partial charge in [-0.1, -0.05) is 0 Å². The van der Waals surface area contributed by atoms with Gasteiger partial charge in [0.1, 0.15) is 0 Å². The summed E-state index contributed by atoms with van der Waals surface area (Å²) >= 11 is 4.68. The van der Waals surface area contributed by atoms with Crippen molar-refractivity contribution in [2.45, 2.75) is 31.2 Å². The van der Waals surface area contributed by atoms with Gasteiger partial charge in [0.25, 0.3) is 0 Å². The van der Waals surface area contributed by atoms with Crippen LogP contribution in [0.25, 0.3) is 0 Å². The number of aryl methyl sites for hydroxylation is 1. The first-order valence-electron chi connectivity index (χ1n) is 4.84. The van der Waals surface area contributed by atoms with E-state index in [1.54, 1.807) is 13.0 Å². The molecule has 16 heavy (non-hydrogen) atoms. The molecule has 1 rings (SSSR count). The zero-order valence-corrected chi connectivity index (χ0v) is 12.4. The fourth-order valence-corrected chi connectivity index (χ4v) is 4.66. The molecule has 0 amide bonds. The lowest BCUT2D eigenvalue weighted by molar-refractivity contribution is 0.571. The van der Waals surface area contributed by atoms with E-state index < -0.39 is 10.0 Å². The van der Waals surface area contributed by atoms with Gasteiger partial charge in [-0.05, 0) is 42.3 Å². The topological polar surface area (TPSA) is 72.2 Å². The molecule has 0 saturated carbocycles. The maximum Gasteiger partial charge on any atom is 0.241 e. The summed E-state index contributed by atoms with van der Waals surface area (Å²) in [7, 11) is -3.39. The minimum Gasteiger partial charge on any atom is -0.328 e. The molecule has 4 nitrogen and oxygen atoms in total. The van der Waals surface area contributed by atoms with Crippen LogP contribution in [-0.2, 0) is 10.0 Å². The minimum atomic E-state index is -3.39. The molecule has 1 heterocycles. The van der Waals surface area contributed by atoms with Crippen molar-refractivity contribution < 1.29 is 8.42 Å². The van der Waals surface area contributed by atoms with E-state index in [1.807, 2.05) is 6.92 Å². The molecule has 0 aliphatic heterocycles. The minimum absolute atomic E-state index is 0.00184. The summed E-state index contributed by atoms with van der Waals surface area (Å²) in [5, 5.41) is 0. The lowest BCUT2D eigenvalue weighted by Gasteiger charge is -2.07. The van der Waals surface area contributed by atoms with E-state index in [1.165, 1.54) is 11.3 Å². The first-order chi connectivity index (χ1) is 7.33. The molecule has 0 spiro atoms. The Labute approximate surface area is 108 Å². The van der Waals surface area contributed by atoms with E-state index in [4.69, 9.17) is 5.73 Å². The summed E-state index contributed by atoms with van der Waals surface area (Å²) in [5.41, 5.74) is 5.55. The molecule has 0 aliphatic carbocycles. The molecule has 1 aromatic heterocycles. The summed E-state index contributed by atoms with van der Waals surface area (Å²) in [5.74, 6) is 0. The van der Waals surface area contributed by atoms with Crippen molar-refractivity contribution in [3.05, 3.63) is 14.7 Å². The van der Waals surface area contributed by atoms with Gasteiger partial charge in [0, 0.05) is 17.5 Å². The highest BCUT2D eigenvalue weighted by molar-refractivity contribution is 9.11. The van der Waals surface area contributed by atoms with Crippen LogP contribution in [0.3, 0.4) is 0 Å². The number of nitrogens with one attached hydrogen (secondary N) is 1. The fourth-order valence-electron chi connectivity index (χ4n) is 1.20. The molecule has 3 N–H and O–H groups in total. The Morgan fingerprint density at radius 2 is 2.25 bits per heavy atom. The molecule has 0 saturated heterocycles. The molecule has 0 fully saturated rings. The Morgan fingerprint density at radius 1 is 1.62 bits per heavy atom. The SMILES string of the molecule is Cc1sc(Br)cc1S(=O)(=O)NCCC(C)N. The van der Waals surface area contributed by atoms with E-state index in [9.17, 15) is 8.42 Å². The molecule has 92 valence electrons. The van der Waals surface area contributed by atoms with Crippen LogP contribution in [0, 0.1) is 6.92 Å². The van der Waals surface area contributed by atoms with Crippen LogP contribution in [0.2, 0.25) is 0 Å². The number of thiophene rings is 1. The largest absolute Gasteiger partial charge is 0.328 e. The molecule has 1 aromatic rings. The first-order valence-corrected chi connectivity index (χ1v) is 7.93. The number of hydrogen-bond donors (Lipinski definition) is 2. The third kappa shape index (κ3) is 3.81. The van der Waals surface area contributed by atoms with Crippen molar-refractivity contribution in [2.24, 2.45) is 5.73 Å². The molecule has 0 radical (unpaired) electrons. The van der Waals surface area contributed by atoms with E-state index >= 15 is 0 Å². The molecule has 0 aromatic carbocycles. The maximum absolute atomic E-state index is 11.9. The van der Waals surface area contributed by atoms with Crippen molar-refractivity contribution in [3.63, 3.8) is 0 Å². The van der Waals surface area contributed by atoms with Crippen molar-refractivity contribution in [3.8, 4) is 0 Å². The predicted octanol–water partition coefficient (Wildman–Crippen LogP) is 1.83. The highest BCUT2D eigenvalue weighted by Gasteiger charge is 2.18. The quantitative estimate of drug-likeness (QED) is 0.867. The van der Waals surface area contributed by atoms with Crippen molar-refractivity contribution in [1.82, 2.24) is 4.72 Å². The van der Waals surface area contributed by atoms with Gasteiger partial charge in [0.2, 0.25) is 10.0 Å². The van der Waals surface area contributed by atoms with Crippen LogP contribution in [0.4, 0.5) is 0 Å². The number of rotatable bonds is 5. The Bertz CT molecular complexity index is 454. The third-order valence-electron chi connectivity index (χ3n) is 2.02. The van der Waals surface area contributed by atoms with E-state index in [0.29, 0.717) is 17.9 Å². The molecule has 0 bridgehead atoms. The average molecular weight is 327 g/mol. The summed E-state index contributed by atoms with van der Waals surface area (Å²) in [6.45, 7) is 4.00. The van der Waals surface area contributed by atoms with Gasteiger partial charge >= 0.3 is 0 Å². The van der Waals surface area contributed by atoms with Crippen molar-refractivity contribution in [2.75, 3.05) is 6.54 Å². The normalized spacial score (nSPS) is 14.0. The Morgan fingerprint density at radius 3 is 2.69 bits per heavy atom. The second-order valence-corrected chi connectivity index (χ2v) is 8.01. The molecule has 1 unspecified atom stereocenters. The lowest BCUT2D eigenvalue weighted by atomic mass is 10.3. The van der Waals surface area contributed by atoms with Crippen LogP contribution in [0.1, 0.15) is 18.2 Å². The Hall–Kier alpha value is 0.0500. The van der Waals surface area contributed by atoms with Gasteiger partial charge in [-0.2, -0.15) is 0 Å². The average Bonchev–Trinajstić information content (AvgIpc) is 2.44. The van der Waals surface area contributed by atoms with E-state index in [0.717, 1.165) is 8.66 Å². The maximum atomic E-state index is 11.9. The summed E-state index contributed by atoms with van der Waals surface area (Å²) in [6, 6.07) is 1.62. The monoisotopic (exact) mass is 326 g/mol. The number of sulfonamides is 1. The third-order valence-corrected chi connectivity index (χ3v) is 5.29. The smallest absolute Gasteiger partial charge is 0.241 e. The number of nitrogens with two attached hydrogens (primary N) is 1. The predicted molar refractivity (Wildman–Crippen MR) is 70.2 cm³/mol. The Kier molecular flexibility index (Phi) is 4.93. The second-order valence-electron chi connectivity index (χ2n) is 3.63. The van der Waals surface area contributed by atoms with Crippen LogP contribution in [0.15, 0.2) is 14.7 Å². The highest BCUT2D eigenvalue weighted by atomic mass is 79.9. The number of halogens is 1. The zero-order valence-electron chi connectivity index (χ0n) is 9.16. The van der Waals surface area contributed by atoms with Gasteiger partial charge in [-0.15, -0.1) is 11.3 Å². The van der Waals surface area contributed by atoms with E-state index in [-0.39, 0.29) is 6.04 Å². The molecular formula is C9H15BrN2O2S2. The second kappa shape index (κ2) is 5.59. The standard InChI is InChI=1S/C9H15BrN2O2S2/c1-6(11)3-4-12-16(13,14)8-5-9(10)15-7(8)2/h5-6,12H,3-4,11H2,1-2H3. The van der Waals surface area contributed by atoms with Gasteiger partial charge in [0.05, 0.1) is 8.68 Å². The van der Waals surface area contributed by atoms with Crippen LogP contribution >= 0.6 is 27.3 Å². The van der Waals surface area contributed by atoms with Gasteiger partial charge in [0.15, 0.2) is 0 Å². The lowest BCUT2D eigenvalue weighted by Crippen LogP contribution is -2.29. The Balaban J connectivity index is 2.75. The molecule has 0 aliphatic rings. The van der Waals surface area contributed by atoms with Gasteiger partial charge in [-0.25, -0.2) is 13.1 Å². The highest BCUT2D eigenvalue weighted by Crippen LogP contribution is 2.29. The molecular weight excluding hydrogens is 312 g/mol. The van der Waals surface area contributed by atoms with Crippen LogP contribution in [0.5, 0.6) is 0 Å². The number of hydrogen-bond acceptors (Lipinski definition) is 4.